The zero-order valence-corrected chi connectivity index (χ0v) is 12.7. The molecule has 0 amide bonds. The highest BCUT2D eigenvalue weighted by molar-refractivity contribution is 9.10. The number of halogens is 5. The Balaban J connectivity index is 2.55. The van der Waals surface area contributed by atoms with Crippen LogP contribution in [0.3, 0.4) is 0 Å². The van der Waals surface area contributed by atoms with Gasteiger partial charge in [-0.15, -0.1) is 0 Å². The van der Waals surface area contributed by atoms with Crippen molar-refractivity contribution in [2.24, 2.45) is 0 Å². The number of benzene rings is 2. The molecule has 0 bridgehead atoms. The topological polar surface area (TPSA) is 12.0 Å². The molecule has 0 aliphatic rings. The fourth-order valence-electron chi connectivity index (χ4n) is 2.01. The standard InChI is InChI=1S/C14H10BrClF3N/c1-20-14(7-4-8(17)6-9(18)5-7)10-2-3-11(15)12(16)13(10)19/h2-6,14,20H,1H3. The van der Waals surface area contributed by atoms with E-state index < -0.39 is 23.5 Å². The summed E-state index contributed by atoms with van der Waals surface area (Å²) in [7, 11) is 1.57. The van der Waals surface area contributed by atoms with Gasteiger partial charge in [0.25, 0.3) is 0 Å². The van der Waals surface area contributed by atoms with Crippen LogP contribution in [0.1, 0.15) is 17.2 Å². The highest BCUT2D eigenvalue weighted by Crippen LogP contribution is 2.33. The van der Waals surface area contributed by atoms with Crippen molar-refractivity contribution in [3.05, 3.63) is 68.4 Å². The van der Waals surface area contributed by atoms with Crippen molar-refractivity contribution >= 4 is 27.5 Å². The Bertz CT molecular complexity index is 628. The third kappa shape index (κ3) is 3.00. The highest BCUT2D eigenvalue weighted by atomic mass is 79.9. The molecule has 0 fully saturated rings. The third-order valence-electron chi connectivity index (χ3n) is 2.88. The Kier molecular flexibility index (Phi) is 4.73. The van der Waals surface area contributed by atoms with E-state index in [2.05, 4.69) is 21.2 Å². The molecule has 0 aromatic heterocycles. The lowest BCUT2D eigenvalue weighted by Crippen LogP contribution is -2.19. The maximum Gasteiger partial charge on any atom is 0.148 e. The molecule has 2 aromatic rings. The third-order valence-corrected chi connectivity index (χ3v) is 4.14. The van der Waals surface area contributed by atoms with E-state index in [-0.39, 0.29) is 16.1 Å². The van der Waals surface area contributed by atoms with Crippen molar-refractivity contribution in [1.29, 1.82) is 0 Å². The fourth-order valence-corrected chi connectivity index (χ4v) is 2.49. The van der Waals surface area contributed by atoms with E-state index in [1.54, 1.807) is 13.1 Å². The van der Waals surface area contributed by atoms with Crippen molar-refractivity contribution in [2.45, 2.75) is 6.04 Å². The predicted octanol–water partition coefficient (Wildman–Crippen LogP) is 4.83. The van der Waals surface area contributed by atoms with Gasteiger partial charge in [-0.2, -0.15) is 0 Å². The summed E-state index contributed by atoms with van der Waals surface area (Å²) < 4.78 is 41.2. The first-order valence-corrected chi connectivity index (χ1v) is 6.87. The molecule has 106 valence electrons. The summed E-state index contributed by atoms with van der Waals surface area (Å²) in [6, 6.07) is 5.46. The lowest BCUT2D eigenvalue weighted by atomic mass is 9.98. The molecule has 0 radical (unpaired) electrons. The SMILES string of the molecule is CNC(c1cc(F)cc(F)c1)c1ccc(Br)c(Cl)c1F. The monoisotopic (exact) mass is 363 g/mol. The van der Waals surface area contributed by atoms with Crippen molar-refractivity contribution in [2.75, 3.05) is 7.05 Å². The Morgan fingerprint density at radius 2 is 1.70 bits per heavy atom. The molecule has 0 aliphatic heterocycles. The van der Waals surface area contributed by atoms with Crippen LogP contribution in [0, 0.1) is 17.5 Å². The summed E-state index contributed by atoms with van der Waals surface area (Å²) >= 11 is 8.95. The van der Waals surface area contributed by atoms with Crippen LogP contribution in [-0.4, -0.2) is 7.05 Å². The first kappa shape index (κ1) is 15.4. The molecule has 0 saturated carbocycles. The average molecular weight is 365 g/mol. The molecule has 1 N–H and O–H groups in total. The Hall–Kier alpha value is -1.04. The van der Waals surface area contributed by atoms with E-state index >= 15 is 0 Å². The molecule has 2 aromatic carbocycles. The number of rotatable bonds is 3. The number of nitrogens with one attached hydrogen (secondary N) is 1. The van der Waals surface area contributed by atoms with E-state index in [0.29, 0.717) is 4.47 Å². The normalized spacial score (nSPS) is 12.5. The quantitative estimate of drug-likeness (QED) is 0.769. The van der Waals surface area contributed by atoms with Crippen LogP contribution in [0.2, 0.25) is 5.02 Å². The summed E-state index contributed by atoms with van der Waals surface area (Å²) in [5.74, 6) is -2.07. The lowest BCUT2D eigenvalue weighted by molar-refractivity contribution is 0.556. The lowest BCUT2D eigenvalue weighted by Gasteiger charge is -2.19. The van der Waals surface area contributed by atoms with E-state index in [9.17, 15) is 13.2 Å². The molecule has 20 heavy (non-hydrogen) atoms. The number of hydrogen-bond acceptors (Lipinski definition) is 1. The summed E-state index contributed by atoms with van der Waals surface area (Å²) in [6.45, 7) is 0. The van der Waals surface area contributed by atoms with Gasteiger partial charge in [0, 0.05) is 16.1 Å². The van der Waals surface area contributed by atoms with Gasteiger partial charge in [-0.1, -0.05) is 17.7 Å². The Labute approximate surface area is 127 Å². The minimum atomic E-state index is -0.719. The van der Waals surface area contributed by atoms with Gasteiger partial charge in [0.2, 0.25) is 0 Å². The van der Waals surface area contributed by atoms with Crippen LogP contribution >= 0.6 is 27.5 Å². The molecule has 0 aliphatic carbocycles. The van der Waals surface area contributed by atoms with Crippen LogP contribution in [0.15, 0.2) is 34.8 Å². The van der Waals surface area contributed by atoms with E-state index in [1.807, 2.05) is 0 Å². The van der Waals surface area contributed by atoms with Gasteiger partial charge in [0.05, 0.1) is 11.1 Å². The van der Waals surface area contributed by atoms with Gasteiger partial charge in [-0.25, -0.2) is 13.2 Å². The molecule has 0 spiro atoms. The number of hydrogen-bond donors (Lipinski definition) is 1. The molecular formula is C14H10BrClF3N. The largest absolute Gasteiger partial charge is 0.309 e. The second-order valence-corrected chi connectivity index (χ2v) is 5.42. The summed E-state index contributed by atoms with van der Waals surface area (Å²) in [4.78, 5) is 0. The maximum atomic E-state index is 14.2. The van der Waals surface area contributed by atoms with Crippen LogP contribution in [0.5, 0.6) is 0 Å². The van der Waals surface area contributed by atoms with Crippen LogP contribution in [-0.2, 0) is 0 Å². The van der Waals surface area contributed by atoms with Crippen molar-refractivity contribution in [3.63, 3.8) is 0 Å². The van der Waals surface area contributed by atoms with Crippen molar-refractivity contribution in [1.82, 2.24) is 5.32 Å². The Morgan fingerprint density at radius 1 is 1.10 bits per heavy atom. The van der Waals surface area contributed by atoms with Crippen molar-refractivity contribution in [3.8, 4) is 0 Å². The summed E-state index contributed by atoms with van der Waals surface area (Å²) in [6.07, 6.45) is 0. The van der Waals surface area contributed by atoms with E-state index in [4.69, 9.17) is 11.6 Å². The van der Waals surface area contributed by atoms with Crippen LogP contribution in [0.25, 0.3) is 0 Å². The minimum absolute atomic E-state index is 0.0698. The second-order valence-electron chi connectivity index (χ2n) is 4.19. The smallest absolute Gasteiger partial charge is 0.148 e. The van der Waals surface area contributed by atoms with E-state index in [0.717, 1.165) is 18.2 Å². The average Bonchev–Trinajstić information content (AvgIpc) is 2.38. The first-order valence-electron chi connectivity index (χ1n) is 5.70. The van der Waals surface area contributed by atoms with Gasteiger partial charge in [-0.05, 0) is 46.7 Å². The molecule has 0 saturated heterocycles. The molecule has 1 nitrogen and oxygen atoms in total. The Morgan fingerprint density at radius 3 is 2.25 bits per heavy atom. The van der Waals surface area contributed by atoms with Crippen LogP contribution in [0.4, 0.5) is 13.2 Å². The van der Waals surface area contributed by atoms with Gasteiger partial charge < -0.3 is 5.32 Å². The van der Waals surface area contributed by atoms with Crippen molar-refractivity contribution < 1.29 is 13.2 Å². The molecule has 6 heteroatoms. The van der Waals surface area contributed by atoms with Crippen LogP contribution < -0.4 is 5.32 Å². The van der Waals surface area contributed by atoms with Gasteiger partial charge in [0.1, 0.15) is 17.5 Å². The summed E-state index contributed by atoms with van der Waals surface area (Å²) in [5, 5.41) is 2.76. The van der Waals surface area contributed by atoms with Gasteiger partial charge in [-0.3, -0.25) is 0 Å². The molecular weight excluding hydrogens is 355 g/mol. The zero-order chi connectivity index (χ0) is 14.9. The zero-order valence-electron chi connectivity index (χ0n) is 10.4. The van der Waals surface area contributed by atoms with E-state index in [1.165, 1.54) is 6.07 Å². The van der Waals surface area contributed by atoms with Gasteiger partial charge >= 0.3 is 0 Å². The molecule has 0 heterocycles. The summed E-state index contributed by atoms with van der Waals surface area (Å²) in [5.41, 5.74) is 0.494. The van der Waals surface area contributed by atoms with Gasteiger partial charge in [0.15, 0.2) is 0 Å². The maximum absolute atomic E-state index is 14.2. The molecule has 1 unspecified atom stereocenters. The predicted molar refractivity (Wildman–Crippen MR) is 76.4 cm³/mol. The molecule has 2 rings (SSSR count). The highest BCUT2D eigenvalue weighted by Gasteiger charge is 2.20. The molecule has 1 atom stereocenters. The fraction of sp³-hybridized carbons (Fsp3) is 0.143. The second kappa shape index (κ2) is 6.16. The first-order chi connectivity index (χ1) is 9.43. The minimum Gasteiger partial charge on any atom is -0.309 e.